The molecule has 1 aromatic carbocycles. The number of carbonyl (C=O) groups excluding carboxylic acids is 1. The largest absolute Gasteiger partial charge is 0.408 e. The van der Waals surface area contributed by atoms with E-state index in [9.17, 15) is 13.2 Å². The van der Waals surface area contributed by atoms with Crippen LogP contribution in [0, 0.1) is 6.92 Å². The molecule has 11 heteroatoms. The van der Waals surface area contributed by atoms with Gasteiger partial charge in [-0.2, -0.15) is 0 Å². The van der Waals surface area contributed by atoms with Crippen molar-refractivity contribution in [1.82, 2.24) is 15.4 Å². The van der Waals surface area contributed by atoms with E-state index in [1.54, 1.807) is 31.2 Å². The number of aryl methyl sites for hydroxylation is 1. The summed E-state index contributed by atoms with van der Waals surface area (Å²) in [6, 6.07) is 7.94. The maximum Gasteiger partial charge on any atom is 0.336 e. The van der Waals surface area contributed by atoms with Crippen LogP contribution in [0.25, 0.3) is 11.5 Å². The molecule has 0 atom stereocenters. The van der Waals surface area contributed by atoms with Gasteiger partial charge in [-0.25, -0.2) is 8.42 Å². The molecule has 0 radical (unpaired) electrons. The van der Waals surface area contributed by atoms with Gasteiger partial charge in [-0.05, 0) is 25.1 Å². The standard InChI is InChI=1S/C14H11ClN4O5S/c1-8-5-11(19-24-8)16-12(20)7-25(21,22)14-18-17-13(23-14)9-3-2-4-10(15)6-9/h2-6H,7H2,1H3,(H,16,19,20). The Morgan fingerprint density at radius 2 is 2.08 bits per heavy atom. The summed E-state index contributed by atoms with van der Waals surface area (Å²) in [5.41, 5.74) is 0.462. The summed E-state index contributed by atoms with van der Waals surface area (Å²) in [4.78, 5) is 11.9. The molecule has 9 nitrogen and oxygen atoms in total. The van der Waals surface area contributed by atoms with Gasteiger partial charge in [-0.1, -0.05) is 27.9 Å². The Morgan fingerprint density at radius 1 is 1.28 bits per heavy atom. The van der Waals surface area contributed by atoms with Crippen molar-refractivity contribution in [2.24, 2.45) is 0 Å². The normalized spacial score (nSPS) is 11.4. The molecule has 3 aromatic rings. The maximum atomic E-state index is 12.2. The number of anilines is 1. The topological polar surface area (TPSA) is 128 Å². The summed E-state index contributed by atoms with van der Waals surface area (Å²) in [7, 11) is -4.11. The van der Waals surface area contributed by atoms with Gasteiger partial charge in [0.05, 0.1) is 0 Å². The first-order chi connectivity index (χ1) is 11.8. The molecule has 0 aliphatic heterocycles. The highest BCUT2D eigenvalue weighted by atomic mass is 35.5. The number of rotatable bonds is 5. The molecule has 0 fully saturated rings. The molecular formula is C14H11ClN4O5S. The molecule has 0 spiro atoms. The third kappa shape index (κ3) is 4.03. The molecule has 3 rings (SSSR count). The molecule has 0 unspecified atom stereocenters. The van der Waals surface area contributed by atoms with Crippen molar-refractivity contribution in [3.05, 3.63) is 41.1 Å². The number of amides is 1. The van der Waals surface area contributed by atoms with Gasteiger partial charge in [0.15, 0.2) is 5.82 Å². The van der Waals surface area contributed by atoms with Crippen molar-refractivity contribution in [3.8, 4) is 11.5 Å². The monoisotopic (exact) mass is 382 g/mol. The number of benzene rings is 1. The third-order valence-corrected chi connectivity index (χ3v) is 4.54. The Hall–Kier alpha value is -2.72. The fourth-order valence-corrected chi connectivity index (χ4v) is 3.01. The highest BCUT2D eigenvalue weighted by Gasteiger charge is 2.26. The van der Waals surface area contributed by atoms with Crippen LogP contribution < -0.4 is 5.32 Å². The van der Waals surface area contributed by atoms with Crippen LogP contribution in [0.5, 0.6) is 0 Å². The van der Waals surface area contributed by atoms with Crippen LogP contribution in [0.1, 0.15) is 5.76 Å². The van der Waals surface area contributed by atoms with E-state index in [-0.39, 0.29) is 11.7 Å². The predicted molar refractivity (Wildman–Crippen MR) is 86.7 cm³/mol. The van der Waals surface area contributed by atoms with Crippen LogP contribution in [0.2, 0.25) is 5.02 Å². The minimum atomic E-state index is -4.11. The third-order valence-electron chi connectivity index (χ3n) is 2.96. The van der Waals surface area contributed by atoms with E-state index in [0.717, 1.165) is 0 Å². The van der Waals surface area contributed by atoms with E-state index in [2.05, 4.69) is 20.7 Å². The lowest BCUT2D eigenvalue weighted by molar-refractivity contribution is -0.113. The minimum absolute atomic E-state index is 0.0198. The summed E-state index contributed by atoms with van der Waals surface area (Å²) < 4.78 is 34.4. The SMILES string of the molecule is Cc1cc(NC(=O)CS(=O)(=O)c2nnc(-c3cccc(Cl)c3)o2)no1. The Bertz CT molecular complexity index is 1030. The van der Waals surface area contributed by atoms with Crippen LogP contribution in [-0.2, 0) is 14.6 Å². The summed E-state index contributed by atoms with van der Waals surface area (Å²) in [6.45, 7) is 1.63. The van der Waals surface area contributed by atoms with E-state index in [0.29, 0.717) is 16.3 Å². The van der Waals surface area contributed by atoms with Crippen molar-refractivity contribution >= 4 is 33.2 Å². The molecule has 0 saturated heterocycles. The fraction of sp³-hybridized carbons (Fsp3) is 0.143. The van der Waals surface area contributed by atoms with Crippen molar-refractivity contribution in [1.29, 1.82) is 0 Å². The molecule has 25 heavy (non-hydrogen) atoms. The second-order valence-corrected chi connectivity index (χ2v) is 7.32. The van der Waals surface area contributed by atoms with Crippen molar-refractivity contribution in [2.75, 3.05) is 11.1 Å². The Labute approximate surface area is 146 Å². The van der Waals surface area contributed by atoms with E-state index in [1.807, 2.05) is 0 Å². The number of nitrogens with one attached hydrogen (secondary N) is 1. The smallest absolute Gasteiger partial charge is 0.336 e. The zero-order valence-electron chi connectivity index (χ0n) is 12.8. The van der Waals surface area contributed by atoms with Gasteiger partial charge in [0.1, 0.15) is 11.5 Å². The first-order valence-electron chi connectivity index (χ1n) is 6.89. The molecule has 0 aliphatic rings. The zero-order chi connectivity index (χ0) is 18.0. The van der Waals surface area contributed by atoms with E-state index in [4.69, 9.17) is 20.5 Å². The maximum absolute atomic E-state index is 12.2. The van der Waals surface area contributed by atoms with Crippen LogP contribution in [0.4, 0.5) is 5.82 Å². The summed E-state index contributed by atoms with van der Waals surface area (Å²) in [5, 5.41) is 12.8. The molecule has 0 bridgehead atoms. The molecule has 0 saturated carbocycles. The molecule has 1 N–H and O–H groups in total. The minimum Gasteiger partial charge on any atom is -0.408 e. The van der Waals surface area contributed by atoms with Gasteiger partial charge in [-0.3, -0.25) is 4.79 Å². The number of hydrogen-bond acceptors (Lipinski definition) is 8. The van der Waals surface area contributed by atoms with E-state index < -0.39 is 26.7 Å². The van der Waals surface area contributed by atoms with Gasteiger partial charge in [0.2, 0.25) is 21.6 Å². The molecule has 130 valence electrons. The number of carbonyl (C=O) groups is 1. The fourth-order valence-electron chi connectivity index (χ4n) is 1.91. The number of halogens is 1. The summed E-state index contributed by atoms with van der Waals surface area (Å²) >= 11 is 5.86. The second kappa shape index (κ2) is 6.65. The number of aromatic nitrogens is 3. The van der Waals surface area contributed by atoms with Crippen molar-refractivity contribution in [2.45, 2.75) is 12.1 Å². The van der Waals surface area contributed by atoms with Gasteiger partial charge in [0, 0.05) is 16.7 Å². The first kappa shape index (κ1) is 17.1. The molecule has 0 aliphatic carbocycles. The number of sulfone groups is 1. The van der Waals surface area contributed by atoms with Gasteiger partial charge in [-0.15, -0.1) is 5.10 Å². The summed E-state index contributed by atoms with van der Waals surface area (Å²) in [6.07, 6.45) is 0. The highest BCUT2D eigenvalue weighted by molar-refractivity contribution is 7.91. The molecule has 1 amide bonds. The predicted octanol–water partition coefficient (Wildman–Crippen LogP) is 2.10. The average molecular weight is 383 g/mol. The average Bonchev–Trinajstić information content (AvgIpc) is 3.16. The lowest BCUT2D eigenvalue weighted by atomic mass is 10.2. The molecular weight excluding hydrogens is 372 g/mol. The van der Waals surface area contributed by atoms with Gasteiger partial charge >= 0.3 is 5.22 Å². The first-order valence-corrected chi connectivity index (χ1v) is 8.92. The zero-order valence-corrected chi connectivity index (χ0v) is 14.3. The number of hydrogen-bond donors (Lipinski definition) is 1. The highest BCUT2D eigenvalue weighted by Crippen LogP contribution is 2.23. The van der Waals surface area contributed by atoms with Crippen LogP contribution in [-0.4, -0.2) is 35.4 Å². The lowest BCUT2D eigenvalue weighted by Gasteiger charge is -2.00. The van der Waals surface area contributed by atoms with Gasteiger partial charge in [0.25, 0.3) is 0 Å². The number of nitrogens with zero attached hydrogens (tertiary/aromatic N) is 3. The van der Waals surface area contributed by atoms with Crippen LogP contribution >= 0.6 is 11.6 Å². The van der Waals surface area contributed by atoms with Crippen molar-refractivity contribution in [3.63, 3.8) is 0 Å². The summed E-state index contributed by atoms with van der Waals surface area (Å²) in [5.74, 6) is -1.12. The van der Waals surface area contributed by atoms with Crippen LogP contribution in [0.3, 0.4) is 0 Å². The van der Waals surface area contributed by atoms with Crippen LogP contribution in [0.15, 0.2) is 44.5 Å². The Morgan fingerprint density at radius 3 is 2.76 bits per heavy atom. The van der Waals surface area contributed by atoms with E-state index >= 15 is 0 Å². The Kier molecular flexibility index (Phi) is 4.55. The second-order valence-electron chi connectivity index (χ2n) is 5.01. The molecule has 2 aromatic heterocycles. The molecule has 2 heterocycles. The Balaban J connectivity index is 1.75. The van der Waals surface area contributed by atoms with Gasteiger partial charge < -0.3 is 14.3 Å². The van der Waals surface area contributed by atoms with Crippen molar-refractivity contribution < 1.29 is 22.2 Å². The van der Waals surface area contributed by atoms with E-state index in [1.165, 1.54) is 6.07 Å². The lowest BCUT2D eigenvalue weighted by Crippen LogP contribution is -2.23. The quantitative estimate of drug-likeness (QED) is 0.710.